The van der Waals surface area contributed by atoms with Gasteiger partial charge in [0.1, 0.15) is 5.69 Å². The molecular weight excluding hydrogens is 246 g/mol. The largest absolute Gasteiger partial charge is 0.383 e. The van der Waals surface area contributed by atoms with E-state index in [1.165, 1.54) is 12.1 Å². The van der Waals surface area contributed by atoms with Gasteiger partial charge in [-0.3, -0.25) is 14.9 Å². The number of anilines is 1. The predicted octanol–water partition coefficient (Wildman–Crippen LogP) is 2.41. The van der Waals surface area contributed by atoms with Gasteiger partial charge in [-0.05, 0) is 25.0 Å². The van der Waals surface area contributed by atoms with Gasteiger partial charge in [-0.25, -0.2) is 0 Å². The summed E-state index contributed by atoms with van der Waals surface area (Å²) in [7, 11) is 1.60. The minimum absolute atomic E-state index is 0.00975. The van der Waals surface area contributed by atoms with Crippen molar-refractivity contribution in [2.75, 3.05) is 12.4 Å². The van der Waals surface area contributed by atoms with Crippen LogP contribution in [-0.2, 0) is 0 Å². The van der Waals surface area contributed by atoms with Crippen molar-refractivity contribution in [1.29, 1.82) is 0 Å². The molecule has 104 valence electrons. The second-order valence-corrected chi connectivity index (χ2v) is 4.75. The van der Waals surface area contributed by atoms with Gasteiger partial charge >= 0.3 is 0 Å². The van der Waals surface area contributed by atoms with E-state index in [4.69, 9.17) is 0 Å². The van der Waals surface area contributed by atoms with E-state index in [0.29, 0.717) is 17.2 Å². The summed E-state index contributed by atoms with van der Waals surface area (Å²) >= 11 is 0. The van der Waals surface area contributed by atoms with Gasteiger partial charge in [0.2, 0.25) is 0 Å². The Morgan fingerprint density at radius 3 is 2.42 bits per heavy atom. The average molecular weight is 265 g/mol. The number of rotatable bonds is 5. The van der Waals surface area contributed by atoms with Crippen LogP contribution >= 0.6 is 0 Å². The molecule has 0 saturated carbocycles. The first-order valence-electron chi connectivity index (χ1n) is 6.13. The van der Waals surface area contributed by atoms with Gasteiger partial charge in [-0.15, -0.1) is 0 Å². The first-order valence-corrected chi connectivity index (χ1v) is 6.13. The molecule has 0 heterocycles. The highest BCUT2D eigenvalue weighted by atomic mass is 16.6. The lowest BCUT2D eigenvalue weighted by Gasteiger charge is -2.17. The zero-order valence-electron chi connectivity index (χ0n) is 11.6. The lowest BCUT2D eigenvalue weighted by atomic mass is 10.1. The van der Waals surface area contributed by atoms with Crippen LogP contribution in [0.1, 0.15) is 31.1 Å². The highest BCUT2D eigenvalue weighted by Crippen LogP contribution is 2.25. The van der Waals surface area contributed by atoms with E-state index in [2.05, 4.69) is 10.6 Å². The third-order valence-corrected chi connectivity index (χ3v) is 3.08. The summed E-state index contributed by atoms with van der Waals surface area (Å²) in [6, 6.07) is 4.40. The second-order valence-electron chi connectivity index (χ2n) is 4.75. The smallest absolute Gasteiger partial charge is 0.293 e. The topological polar surface area (TPSA) is 84.3 Å². The van der Waals surface area contributed by atoms with Gasteiger partial charge in [0.15, 0.2) is 0 Å². The molecule has 0 bridgehead atoms. The fourth-order valence-electron chi connectivity index (χ4n) is 1.49. The van der Waals surface area contributed by atoms with Crippen LogP contribution in [0.25, 0.3) is 0 Å². The van der Waals surface area contributed by atoms with E-state index in [-0.39, 0.29) is 17.6 Å². The van der Waals surface area contributed by atoms with Crippen molar-refractivity contribution in [1.82, 2.24) is 5.32 Å². The fraction of sp³-hybridized carbons (Fsp3) is 0.462. The Labute approximate surface area is 112 Å². The normalized spacial score (nSPS) is 12.1. The van der Waals surface area contributed by atoms with Crippen LogP contribution in [0.3, 0.4) is 0 Å². The number of nitro benzene ring substituents is 1. The van der Waals surface area contributed by atoms with Crippen molar-refractivity contribution < 1.29 is 9.72 Å². The second kappa shape index (κ2) is 6.17. The summed E-state index contributed by atoms with van der Waals surface area (Å²) in [5.41, 5.74) is 0.573. The standard InChI is InChI=1S/C13H19N3O3/c1-8(2)9(3)15-13(17)10-5-6-11(14-4)12(7-10)16(18)19/h5-9,14H,1-4H3,(H,15,17). The van der Waals surface area contributed by atoms with Crippen LogP contribution in [0.4, 0.5) is 11.4 Å². The van der Waals surface area contributed by atoms with E-state index >= 15 is 0 Å². The van der Waals surface area contributed by atoms with Gasteiger partial charge in [0, 0.05) is 24.7 Å². The molecule has 1 atom stereocenters. The number of benzene rings is 1. The maximum Gasteiger partial charge on any atom is 0.293 e. The molecule has 6 heteroatoms. The molecule has 1 aromatic rings. The molecule has 6 nitrogen and oxygen atoms in total. The molecule has 0 aromatic heterocycles. The van der Waals surface area contributed by atoms with E-state index in [9.17, 15) is 14.9 Å². The molecule has 2 N–H and O–H groups in total. The van der Waals surface area contributed by atoms with Crippen molar-refractivity contribution in [2.24, 2.45) is 5.92 Å². The fourth-order valence-corrected chi connectivity index (χ4v) is 1.49. The highest BCUT2D eigenvalue weighted by Gasteiger charge is 2.18. The van der Waals surface area contributed by atoms with Crippen LogP contribution in [0.15, 0.2) is 18.2 Å². The van der Waals surface area contributed by atoms with Crippen LogP contribution in [-0.4, -0.2) is 23.9 Å². The first-order chi connectivity index (χ1) is 8.86. The predicted molar refractivity (Wildman–Crippen MR) is 74.4 cm³/mol. The molecule has 0 fully saturated rings. The van der Waals surface area contributed by atoms with Gasteiger partial charge in [-0.1, -0.05) is 13.8 Å². The monoisotopic (exact) mass is 265 g/mol. The molecule has 19 heavy (non-hydrogen) atoms. The summed E-state index contributed by atoms with van der Waals surface area (Å²) in [5.74, 6) is 0.00229. The van der Waals surface area contributed by atoms with Gasteiger partial charge in [0.05, 0.1) is 4.92 Å². The minimum Gasteiger partial charge on any atom is -0.383 e. The molecule has 0 aliphatic rings. The van der Waals surface area contributed by atoms with Crippen LogP contribution in [0, 0.1) is 16.0 Å². The molecule has 0 saturated heterocycles. The molecule has 1 unspecified atom stereocenters. The SMILES string of the molecule is CNc1ccc(C(=O)NC(C)C(C)C)cc1[N+](=O)[O-]. The zero-order valence-corrected chi connectivity index (χ0v) is 11.6. The maximum absolute atomic E-state index is 12.0. The number of hydrogen-bond donors (Lipinski definition) is 2. The highest BCUT2D eigenvalue weighted by molar-refractivity contribution is 5.95. The number of nitrogens with zero attached hydrogens (tertiary/aromatic N) is 1. The molecule has 0 aliphatic heterocycles. The summed E-state index contributed by atoms with van der Waals surface area (Å²) in [4.78, 5) is 22.4. The molecule has 1 aromatic carbocycles. The van der Waals surface area contributed by atoms with Crippen molar-refractivity contribution in [3.63, 3.8) is 0 Å². The number of carbonyl (C=O) groups excluding carboxylic acids is 1. The molecular formula is C13H19N3O3. The summed E-state index contributed by atoms with van der Waals surface area (Å²) in [6.45, 7) is 5.90. The lowest BCUT2D eigenvalue weighted by Crippen LogP contribution is -2.36. The van der Waals surface area contributed by atoms with Crippen molar-refractivity contribution in [3.8, 4) is 0 Å². The number of nitrogens with one attached hydrogen (secondary N) is 2. The van der Waals surface area contributed by atoms with E-state index in [1.807, 2.05) is 20.8 Å². The molecule has 0 radical (unpaired) electrons. The van der Waals surface area contributed by atoms with Crippen LogP contribution in [0.2, 0.25) is 0 Å². The van der Waals surface area contributed by atoms with E-state index in [1.54, 1.807) is 13.1 Å². The van der Waals surface area contributed by atoms with Gasteiger partial charge in [0.25, 0.3) is 11.6 Å². The Bertz CT molecular complexity index is 486. The van der Waals surface area contributed by atoms with Crippen molar-refractivity contribution in [3.05, 3.63) is 33.9 Å². The van der Waals surface area contributed by atoms with E-state index in [0.717, 1.165) is 0 Å². The zero-order chi connectivity index (χ0) is 14.6. The number of carbonyl (C=O) groups is 1. The summed E-state index contributed by atoms with van der Waals surface area (Å²) in [5, 5.41) is 16.5. The molecule has 0 spiro atoms. The molecule has 0 aliphatic carbocycles. The molecule has 1 rings (SSSR count). The van der Waals surface area contributed by atoms with E-state index < -0.39 is 4.92 Å². The summed E-state index contributed by atoms with van der Waals surface area (Å²) < 4.78 is 0. The third-order valence-electron chi connectivity index (χ3n) is 3.08. The number of hydrogen-bond acceptors (Lipinski definition) is 4. The number of amides is 1. The first kappa shape index (κ1) is 14.9. The summed E-state index contributed by atoms with van der Waals surface area (Å²) in [6.07, 6.45) is 0. The Kier molecular flexibility index (Phi) is 4.86. The van der Waals surface area contributed by atoms with Crippen LogP contribution in [0.5, 0.6) is 0 Å². The quantitative estimate of drug-likeness (QED) is 0.632. The minimum atomic E-state index is -0.505. The Balaban J connectivity index is 2.99. The lowest BCUT2D eigenvalue weighted by molar-refractivity contribution is -0.384. The maximum atomic E-state index is 12.0. The number of nitro groups is 1. The molecule has 1 amide bonds. The Hall–Kier alpha value is -2.11. The Morgan fingerprint density at radius 2 is 1.95 bits per heavy atom. The van der Waals surface area contributed by atoms with Crippen molar-refractivity contribution in [2.45, 2.75) is 26.8 Å². The average Bonchev–Trinajstić information content (AvgIpc) is 2.37. The van der Waals surface area contributed by atoms with Crippen LogP contribution < -0.4 is 10.6 Å². The third kappa shape index (κ3) is 3.67. The van der Waals surface area contributed by atoms with Crippen molar-refractivity contribution >= 4 is 17.3 Å². The van der Waals surface area contributed by atoms with Gasteiger partial charge < -0.3 is 10.6 Å². The van der Waals surface area contributed by atoms with Gasteiger partial charge in [-0.2, -0.15) is 0 Å². The Morgan fingerprint density at radius 1 is 1.32 bits per heavy atom.